The van der Waals surface area contributed by atoms with Crippen LogP contribution in [0.4, 0.5) is 0 Å². The van der Waals surface area contributed by atoms with Crippen LogP contribution in [0, 0.1) is 0 Å². The van der Waals surface area contributed by atoms with Gasteiger partial charge in [-0.2, -0.15) is 11.8 Å². The first kappa shape index (κ1) is 14.1. The van der Waals surface area contributed by atoms with Crippen LogP contribution >= 0.6 is 11.8 Å². The minimum atomic E-state index is 0.0719. The lowest BCUT2D eigenvalue weighted by Gasteiger charge is -2.37. The average molecular weight is 280 g/mol. The number of nitrogens with two attached hydrogens (primary N) is 1. The van der Waals surface area contributed by atoms with E-state index in [-0.39, 0.29) is 5.84 Å². The summed E-state index contributed by atoms with van der Waals surface area (Å²) in [6.07, 6.45) is 1.66. The summed E-state index contributed by atoms with van der Waals surface area (Å²) in [4.78, 5) is 6.63. The number of pyridine rings is 1. The summed E-state index contributed by atoms with van der Waals surface area (Å²) in [5, 5.41) is 12.5. The van der Waals surface area contributed by atoms with Crippen molar-refractivity contribution >= 4 is 17.6 Å². The summed E-state index contributed by atoms with van der Waals surface area (Å²) < 4.78 is 0. The van der Waals surface area contributed by atoms with Gasteiger partial charge in [0.25, 0.3) is 0 Å². The number of amidine groups is 1. The molecule has 2 atom stereocenters. The molecule has 2 rings (SSSR count). The minimum Gasteiger partial charge on any atom is -0.409 e. The van der Waals surface area contributed by atoms with Crippen molar-refractivity contribution in [2.75, 3.05) is 12.3 Å². The van der Waals surface area contributed by atoms with Crippen molar-refractivity contribution in [3.63, 3.8) is 0 Å². The highest BCUT2D eigenvalue weighted by Crippen LogP contribution is 2.25. The van der Waals surface area contributed by atoms with Crippen LogP contribution in [-0.2, 0) is 6.54 Å². The molecule has 0 aliphatic carbocycles. The monoisotopic (exact) mass is 280 g/mol. The van der Waals surface area contributed by atoms with E-state index in [0.717, 1.165) is 24.4 Å². The molecule has 1 fully saturated rings. The SMILES string of the molecule is CC1SCCN(Cc2cccnc2/C(N)=N/O)C1C. The zero-order valence-corrected chi connectivity index (χ0v) is 12.1. The van der Waals surface area contributed by atoms with Gasteiger partial charge in [0.1, 0.15) is 5.69 Å². The van der Waals surface area contributed by atoms with Crippen molar-refractivity contribution in [1.82, 2.24) is 9.88 Å². The smallest absolute Gasteiger partial charge is 0.189 e. The van der Waals surface area contributed by atoms with Crippen molar-refractivity contribution in [3.05, 3.63) is 29.6 Å². The van der Waals surface area contributed by atoms with Crippen molar-refractivity contribution in [1.29, 1.82) is 0 Å². The second-order valence-electron chi connectivity index (χ2n) is 4.78. The van der Waals surface area contributed by atoms with E-state index < -0.39 is 0 Å². The number of hydrogen-bond donors (Lipinski definition) is 2. The third kappa shape index (κ3) is 3.19. The number of nitrogens with zero attached hydrogens (tertiary/aromatic N) is 3. The fourth-order valence-corrected chi connectivity index (χ4v) is 3.44. The molecule has 1 aromatic rings. The summed E-state index contributed by atoms with van der Waals surface area (Å²) >= 11 is 2.01. The van der Waals surface area contributed by atoms with Gasteiger partial charge in [0.05, 0.1) is 0 Å². The fourth-order valence-electron chi connectivity index (χ4n) is 2.28. The van der Waals surface area contributed by atoms with Gasteiger partial charge in [-0.25, -0.2) is 0 Å². The maximum atomic E-state index is 8.82. The van der Waals surface area contributed by atoms with E-state index in [4.69, 9.17) is 10.9 Å². The van der Waals surface area contributed by atoms with Crippen LogP contribution in [0.1, 0.15) is 25.1 Å². The van der Waals surface area contributed by atoms with E-state index in [0.29, 0.717) is 17.0 Å². The molecular weight excluding hydrogens is 260 g/mol. The predicted molar refractivity (Wildman–Crippen MR) is 78.5 cm³/mol. The van der Waals surface area contributed by atoms with Gasteiger partial charge in [0.2, 0.25) is 0 Å². The van der Waals surface area contributed by atoms with Gasteiger partial charge >= 0.3 is 0 Å². The highest BCUT2D eigenvalue weighted by Gasteiger charge is 2.26. The molecule has 1 aliphatic heterocycles. The topological polar surface area (TPSA) is 74.7 Å². The molecule has 104 valence electrons. The van der Waals surface area contributed by atoms with Gasteiger partial charge in [-0.05, 0) is 18.6 Å². The van der Waals surface area contributed by atoms with Gasteiger partial charge < -0.3 is 10.9 Å². The standard InChI is InChI=1S/C13H20N4OS/c1-9-10(2)19-7-6-17(9)8-11-4-3-5-15-12(11)13(14)16-18/h3-5,9-10,18H,6-8H2,1-2H3,(H2,14,16). The quantitative estimate of drug-likeness (QED) is 0.380. The lowest BCUT2D eigenvalue weighted by Crippen LogP contribution is -2.44. The second kappa shape index (κ2) is 6.25. The Morgan fingerprint density at radius 2 is 2.42 bits per heavy atom. The summed E-state index contributed by atoms with van der Waals surface area (Å²) in [5.41, 5.74) is 7.25. The number of aromatic nitrogens is 1. The van der Waals surface area contributed by atoms with Gasteiger partial charge in [-0.15, -0.1) is 0 Å². The molecule has 1 aromatic heterocycles. The average Bonchev–Trinajstić information content (AvgIpc) is 2.43. The molecule has 0 spiro atoms. The van der Waals surface area contributed by atoms with Crippen molar-refractivity contribution in [2.45, 2.75) is 31.7 Å². The first-order chi connectivity index (χ1) is 9.13. The number of thioether (sulfide) groups is 1. The maximum Gasteiger partial charge on any atom is 0.189 e. The van der Waals surface area contributed by atoms with E-state index in [9.17, 15) is 0 Å². The predicted octanol–water partition coefficient (Wildman–Crippen LogP) is 1.50. The molecule has 1 saturated heterocycles. The van der Waals surface area contributed by atoms with Gasteiger partial charge in [-0.1, -0.05) is 18.1 Å². The van der Waals surface area contributed by atoms with Crippen molar-refractivity contribution < 1.29 is 5.21 Å². The number of rotatable bonds is 3. The molecule has 3 N–H and O–H groups in total. The van der Waals surface area contributed by atoms with Crippen LogP contribution < -0.4 is 5.73 Å². The molecule has 6 heteroatoms. The zero-order chi connectivity index (χ0) is 13.8. The summed E-state index contributed by atoms with van der Waals surface area (Å²) in [6, 6.07) is 4.38. The molecule has 0 bridgehead atoms. The van der Waals surface area contributed by atoms with Gasteiger partial charge in [0.15, 0.2) is 5.84 Å². The molecule has 0 aromatic carbocycles. The number of oxime groups is 1. The van der Waals surface area contributed by atoms with E-state index in [2.05, 4.69) is 28.9 Å². The highest BCUT2D eigenvalue weighted by molar-refractivity contribution is 8.00. The Labute approximate surface area is 117 Å². The lowest BCUT2D eigenvalue weighted by atomic mass is 10.1. The lowest BCUT2D eigenvalue weighted by molar-refractivity contribution is 0.204. The van der Waals surface area contributed by atoms with Crippen LogP contribution in [0.5, 0.6) is 0 Å². The largest absolute Gasteiger partial charge is 0.409 e. The van der Waals surface area contributed by atoms with Crippen LogP contribution in [0.2, 0.25) is 0 Å². The molecule has 0 amide bonds. The summed E-state index contributed by atoms with van der Waals surface area (Å²) in [5.74, 6) is 1.22. The molecule has 1 aliphatic rings. The molecule has 19 heavy (non-hydrogen) atoms. The van der Waals surface area contributed by atoms with E-state index >= 15 is 0 Å². The van der Waals surface area contributed by atoms with Crippen LogP contribution in [0.15, 0.2) is 23.5 Å². The van der Waals surface area contributed by atoms with Crippen LogP contribution in [0.3, 0.4) is 0 Å². The van der Waals surface area contributed by atoms with E-state index in [1.807, 2.05) is 23.9 Å². The first-order valence-electron chi connectivity index (χ1n) is 6.41. The van der Waals surface area contributed by atoms with Crippen LogP contribution in [0.25, 0.3) is 0 Å². The molecule has 5 nitrogen and oxygen atoms in total. The molecule has 2 unspecified atom stereocenters. The van der Waals surface area contributed by atoms with Crippen molar-refractivity contribution in [3.8, 4) is 0 Å². The van der Waals surface area contributed by atoms with E-state index in [1.54, 1.807) is 6.20 Å². The molecule has 2 heterocycles. The Hall–Kier alpha value is -1.27. The second-order valence-corrected chi connectivity index (χ2v) is 6.27. The highest BCUT2D eigenvalue weighted by atomic mass is 32.2. The Kier molecular flexibility index (Phi) is 4.66. The Bertz CT molecular complexity index is 466. The third-order valence-electron chi connectivity index (χ3n) is 3.63. The van der Waals surface area contributed by atoms with Crippen molar-refractivity contribution in [2.24, 2.45) is 10.9 Å². The zero-order valence-electron chi connectivity index (χ0n) is 11.3. The Morgan fingerprint density at radius 3 is 3.16 bits per heavy atom. The summed E-state index contributed by atoms with van der Waals surface area (Å²) in [7, 11) is 0. The maximum absolute atomic E-state index is 8.82. The van der Waals surface area contributed by atoms with Gasteiger partial charge in [-0.3, -0.25) is 9.88 Å². The Balaban J connectivity index is 2.19. The molecular formula is C13H20N4OS. The van der Waals surface area contributed by atoms with Crippen LogP contribution in [-0.4, -0.2) is 44.5 Å². The summed E-state index contributed by atoms with van der Waals surface area (Å²) in [6.45, 7) is 6.34. The van der Waals surface area contributed by atoms with Gasteiger partial charge in [0, 0.05) is 36.3 Å². The normalized spacial score (nSPS) is 25.5. The van der Waals surface area contributed by atoms with E-state index in [1.165, 1.54) is 0 Å². The third-order valence-corrected chi connectivity index (χ3v) is 4.97. The Morgan fingerprint density at radius 1 is 1.63 bits per heavy atom. The molecule has 0 radical (unpaired) electrons. The number of hydrogen-bond acceptors (Lipinski definition) is 5. The molecule has 0 saturated carbocycles. The first-order valence-corrected chi connectivity index (χ1v) is 7.45. The fraction of sp³-hybridized carbons (Fsp3) is 0.538. The minimum absolute atomic E-state index is 0.0719.